The number of halogens is 5. The first-order valence-corrected chi connectivity index (χ1v) is 7.24. The van der Waals surface area contributed by atoms with E-state index in [4.69, 9.17) is 11.6 Å². The predicted octanol–water partition coefficient (Wildman–Crippen LogP) is 4.17. The number of ether oxygens (including phenoxy) is 1. The van der Waals surface area contributed by atoms with E-state index in [1.807, 2.05) is 0 Å². The van der Waals surface area contributed by atoms with Gasteiger partial charge in [0.15, 0.2) is 11.6 Å². The molecule has 0 spiro atoms. The van der Waals surface area contributed by atoms with Crippen LogP contribution in [-0.4, -0.2) is 26.6 Å². The number of para-hydroxylation sites is 1. The molecule has 0 amide bonds. The van der Waals surface area contributed by atoms with E-state index in [1.54, 1.807) is 0 Å². The van der Waals surface area contributed by atoms with Crippen molar-refractivity contribution in [2.24, 2.45) is 0 Å². The Balaban J connectivity index is 2.11. The van der Waals surface area contributed by atoms with Gasteiger partial charge < -0.3 is 4.74 Å². The van der Waals surface area contributed by atoms with Crippen molar-refractivity contribution in [3.05, 3.63) is 52.7 Å². The summed E-state index contributed by atoms with van der Waals surface area (Å²) >= 11 is 6.03. The molecule has 3 rings (SSSR count). The van der Waals surface area contributed by atoms with Gasteiger partial charge in [-0.1, -0.05) is 22.9 Å². The second-order valence-electron chi connectivity index (χ2n) is 4.86. The van der Waals surface area contributed by atoms with Gasteiger partial charge in [0.1, 0.15) is 17.1 Å². The van der Waals surface area contributed by atoms with Crippen molar-refractivity contribution in [3.63, 3.8) is 0 Å². The zero-order valence-electron chi connectivity index (χ0n) is 12.6. The number of nitrogens with zero attached hydrogens (tertiary/aromatic N) is 4. The Morgan fingerprint density at radius 3 is 2.40 bits per heavy atom. The molecule has 0 aliphatic heterocycles. The van der Waals surface area contributed by atoms with Crippen LogP contribution in [0.25, 0.3) is 17.1 Å². The molecule has 0 unspecified atom stereocenters. The second kappa shape index (κ2) is 6.67. The topological polar surface area (TPSA) is 52.8 Å². The van der Waals surface area contributed by atoms with E-state index in [2.05, 4.69) is 20.0 Å². The highest BCUT2D eigenvalue weighted by molar-refractivity contribution is 6.33. The zero-order chi connectivity index (χ0) is 18.1. The van der Waals surface area contributed by atoms with Crippen molar-refractivity contribution >= 4 is 11.6 Å². The molecule has 2 heterocycles. The Morgan fingerprint density at radius 1 is 1.08 bits per heavy atom. The normalized spacial score (nSPS) is 11.2. The van der Waals surface area contributed by atoms with E-state index < -0.39 is 23.9 Å². The highest BCUT2D eigenvalue weighted by Crippen LogP contribution is 2.30. The summed E-state index contributed by atoms with van der Waals surface area (Å²) in [4.78, 5) is 3.86. The maximum absolute atomic E-state index is 13.9. The molecule has 0 saturated carbocycles. The van der Waals surface area contributed by atoms with Gasteiger partial charge in [0.05, 0.1) is 10.7 Å². The summed E-state index contributed by atoms with van der Waals surface area (Å²) < 4.78 is 57.7. The number of aromatic nitrogens is 4. The van der Waals surface area contributed by atoms with Crippen molar-refractivity contribution in [2.75, 3.05) is 0 Å². The third kappa shape index (κ3) is 3.27. The van der Waals surface area contributed by atoms with Gasteiger partial charge in [0.25, 0.3) is 0 Å². The van der Waals surface area contributed by atoms with Gasteiger partial charge in [0.2, 0.25) is 5.88 Å². The van der Waals surface area contributed by atoms with Crippen molar-refractivity contribution in [1.29, 1.82) is 0 Å². The molecule has 3 aromatic rings. The predicted molar refractivity (Wildman–Crippen MR) is 80.9 cm³/mol. The SMILES string of the molecule is Cc1c(-c2nc(OC(F)F)ccc2Cl)nnn1-c1c(F)cccc1F. The fourth-order valence-electron chi connectivity index (χ4n) is 2.20. The van der Waals surface area contributed by atoms with Gasteiger partial charge in [0, 0.05) is 6.07 Å². The summed E-state index contributed by atoms with van der Waals surface area (Å²) in [5.41, 5.74) is -0.130. The molecule has 0 N–H and O–H groups in total. The number of rotatable bonds is 4. The van der Waals surface area contributed by atoms with E-state index in [-0.39, 0.29) is 28.0 Å². The third-order valence-electron chi connectivity index (χ3n) is 3.30. The van der Waals surface area contributed by atoms with Crippen molar-refractivity contribution < 1.29 is 22.3 Å². The molecule has 1 aromatic carbocycles. The first-order chi connectivity index (χ1) is 11.9. The molecule has 0 radical (unpaired) electrons. The van der Waals surface area contributed by atoms with Gasteiger partial charge in [-0.15, -0.1) is 5.10 Å². The lowest BCUT2D eigenvalue weighted by molar-refractivity contribution is -0.0527. The molecule has 0 atom stereocenters. The maximum Gasteiger partial charge on any atom is 0.388 e. The number of hydrogen-bond donors (Lipinski definition) is 0. The monoisotopic (exact) mass is 372 g/mol. The fraction of sp³-hybridized carbons (Fsp3) is 0.133. The molecule has 0 saturated heterocycles. The molecule has 25 heavy (non-hydrogen) atoms. The Kier molecular flexibility index (Phi) is 4.58. The lowest BCUT2D eigenvalue weighted by Gasteiger charge is -2.08. The van der Waals surface area contributed by atoms with Crippen molar-refractivity contribution in [3.8, 4) is 23.0 Å². The summed E-state index contributed by atoms with van der Waals surface area (Å²) in [5.74, 6) is -2.05. The van der Waals surface area contributed by atoms with Crippen LogP contribution in [0.15, 0.2) is 30.3 Å². The van der Waals surface area contributed by atoms with Crippen LogP contribution in [0, 0.1) is 18.6 Å². The first kappa shape index (κ1) is 17.2. The van der Waals surface area contributed by atoms with Crippen LogP contribution in [0.2, 0.25) is 5.02 Å². The lowest BCUT2D eigenvalue weighted by atomic mass is 10.2. The minimum Gasteiger partial charge on any atom is -0.417 e. The van der Waals surface area contributed by atoms with Gasteiger partial charge in [-0.05, 0) is 25.1 Å². The first-order valence-electron chi connectivity index (χ1n) is 6.87. The summed E-state index contributed by atoms with van der Waals surface area (Å²) in [5, 5.41) is 7.62. The van der Waals surface area contributed by atoms with E-state index in [9.17, 15) is 17.6 Å². The minimum absolute atomic E-state index is 0.000291. The molecule has 0 aliphatic rings. The fourth-order valence-corrected chi connectivity index (χ4v) is 2.39. The maximum atomic E-state index is 13.9. The summed E-state index contributed by atoms with van der Waals surface area (Å²) in [7, 11) is 0. The van der Waals surface area contributed by atoms with Crippen LogP contribution >= 0.6 is 11.6 Å². The van der Waals surface area contributed by atoms with Crippen molar-refractivity contribution in [2.45, 2.75) is 13.5 Å². The highest BCUT2D eigenvalue weighted by Gasteiger charge is 2.21. The number of benzene rings is 1. The van der Waals surface area contributed by atoms with Crippen molar-refractivity contribution in [1.82, 2.24) is 20.0 Å². The average molecular weight is 373 g/mol. The van der Waals surface area contributed by atoms with Gasteiger partial charge in [-0.25, -0.2) is 18.4 Å². The van der Waals surface area contributed by atoms with Crippen LogP contribution in [0.5, 0.6) is 5.88 Å². The quantitative estimate of drug-likeness (QED) is 0.645. The smallest absolute Gasteiger partial charge is 0.388 e. The lowest BCUT2D eigenvalue weighted by Crippen LogP contribution is -2.06. The molecule has 0 fully saturated rings. The molecule has 0 bridgehead atoms. The van der Waals surface area contributed by atoms with Crippen LogP contribution < -0.4 is 4.74 Å². The number of alkyl halides is 2. The van der Waals surface area contributed by atoms with E-state index in [0.717, 1.165) is 22.9 Å². The molecule has 5 nitrogen and oxygen atoms in total. The van der Waals surface area contributed by atoms with Crippen LogP contribution in [0.4, 0.5) is 17.6 Å². The summed E-state index contributed by atoms with van der Waals surface area (Å²) in [6.45, 7) is -1.58. The molecule has 0 aliphatic carbocycles. The van der Waals surface area contributed by atoms with E-state index in [0.29, 0.717) is 0 Å². The van der Waals surface area contributed by atoms with Crippen LogP contribution in [0.1, 0.15) is 5.69 Å². The van der Waals surface area contributed by atoms with Crippen LogP contribution in [0.3, 0.4) is 0 Å². The summed E-state index contributed by atoms with van der Waals surface area (Å²) in [6.07, 6.45) is 0. The second-order valence-corrected chi connectivity index (χ2v) is 5.27. The number of pyridine rings is 1. The van der Waals surface area contributed by atoms with Gasteiger partial charge in [-0.3, -0.25) is 0 Å². The minimum atomic E-state index is -3.06. The molecule has 10 heteroatoms. The standard InChI is InChI=1S/C15H9ClF4N4O/c1-7-12(13-8(16)5-6-11(21-13)25-15(19)20)22-23-24(7)14-9(17)3-2-4-10(14)18/h2-6,15H,1H3. The van der Waals surface area contributed by atoms with E-state index in [1.165, 1.54) is 19.1 Å². The van der Waals surface area contributed by atoms with Crippen LogP contribution in [-0.2, 0) is 0 Å². The zero-order valence-corrected chi connectivity index (χ0v) is 13.3. The Morgan fingerprint density at radius 2 is 1.76 bits per heavy atom. The average Bonchev–Trinajstić information content (AvgIpc) is 2.90. The van der Waals surface area contributed by atoms with E-state index >= 15 is 0 Å². The van der Waals surface area contributed by atoms with Gasteiger partial charge in [-0.2, -0.15) is 8.78 Å². The molecular weight excluding hydrogens is 364 g/mol. The largest absolute Gasteiger partial charge is 0.417 e. The Bertz CT molecular complexity index is 912. The number of hydrogen-bond acceptors (Lipinski definition) is 4. The Hall–Kier alpha value is -2.68. The Labute approximate surface area is 143 Å². The molecule has 2 aromatic heterocycles. The third-order valence-corrected chi connectivity index (χ3v) is 3.60. The summed E-state index contributed by atoms with van der Waals surface area (Å²) in [6, 6.07) is 5.81. The molecule has 130 valence electrons. The highest BCUT2D eigenvalue weighted by atomic mass is 35.5. The van der Waals surface area contributed by atoms with Gasteiger partial charge >= 0.3 is 6.61 Å². The molecular formula is C15H9ClF4N4O.